The molecule has 0 unspecified atom stereocenters. The maximum absolute atomic E-state index is 13.5. The maximum atomic E-state index is 13.5. The van der Waals surface area contributed by atoms with E-state index in [2.05, 4.69) is 10.4 Å². The quantitative estimate of drug-likeness (QED) is 0.887. The molecule has 5 heteroatoms. The molecule has 0 saturated heterocycles. The van der Waals surface area contributed by atoms with E-state index in [0.717, 1.165) is 12.5 Å². The van der Waals surface area contributed by atoms with Crippen molar-refractivity contribution in [3.8, 4) is 0 Å². The van der Waals surface area contributed by atoms with Crippen LogP contribution in [-0.4, -0.2) is 15.7 Å². The number of rotatable bonds is 6. The second-order valence-electron chi connectivity index (χ2n) is 5.53. The molecule has 0 radical (unpaired) electrons. The topological polar surface area (TPSA) is 46.9 Å². The van der Waals surface area contributed by atoms with Gasteiger partial charge in [0.1, 0.15) is 5.82 Å². The molecular formula is C16H18FN3O. The van der Waals surface area contributed by atoms with Crippen molar-refractivity contribution < 1.29 is 9.18 Å². The lowest BCUT2D eigenvalue weighted by atomic mass is 10.1. The molecule has 1 N–H and O–H groups in total. The van der Waals surface area contributed by atoms with E-state index in [1.54, 1.807) is 24.4 Å². The second kappa shape index (κ2) is 6.08. The lowest BCUT2D eigenvalue weighted by Gasteiger charge is -2.04. The molecule has 0 atom stereocenters. The third-order valence-electron chi connectivity index (χ3n) is 3.64. The van der Waals surface area contributed by atoms with Crippen molar-refractivity contribution in [2.75, 3.05) is 5.32 Å². The SMILES string of the molecule is O=C(CCc1ccccc1F)Nc1cnn(CC2CC2)c1. The fraction of sp³-hybridized carbons (Fsp3) is 0.375. The fourth-order valence-corrected chi connectivity index (χ4v) is 2.27. The number of carbonyl (C=O) groups is 1. The van der Waals surface area contributed by atoms with Gasteiger partial charge in [0, 0.05) is 19.2 Å². The maximum Gasteiger partial charge on any atom is 0.224 e. The lowest BCUT2D eigenvalue weighted by molar-refractivity contribution is -0.116. The molecule has 1 aromatic heterocycles. The van der Waals surface area contributed by atoms with Gasteiger partial charge >= 0.3 is 0 Å². The van der Waals surface area contributed by atoms with Crippen LogP contribution < -0.4 is 5.32 Å². The van der Waals surface area contributed by atoms with Crippen LogP contribution in [0, 0.1) is 11.7 Å². The zero-order chi connectivity index (χ0) is 14.7. The minimum atomic E-state index is -0.262. The van der Waals surface area contributed by atoms with Crippen LogP contribution in [0.1, 0.15) is 24.8 Å². The molecular weight excluding hydrogens is 269 g/mol. The Morgan fingerprint density at radius 3 is 2.95 bits per heavy atom. The number of aromatic nitrogens is 2. The second-order valence-corrected chi connectivity index (χ2v) is 5.53. The number of hydrogen-bond acceptors (Lipinski definition) is 2. The molecule has 1 fully saturated rings. The molecule has 4 nitrogen and oxygen atoms in total. The highest BCUT2D eigenvalue weighted by Crippen LogP contribution is 2.30. The lowest BCUT2D eigenvalue weighted by Crippen LogP contribution is -2.12. The molecule has 1 aliphatic carbocycles. The number of halogens is 1. The van der Waals surface area contributed by atoms with E-state index in [-0.39, 0.29) is 18.1 Å². The minimum Gasteiger partial charge on any atom is -0.323 e. The number of carbonyl (C=O) groups excluding carboxylic acids is 1. The van der Waals surface area contributed by atoms with Crippen molar-refractivity contribution in [2.45, 2.75) is 32.2 Å². The van der Waals surface area contributed by atoms with Crippen molar-refractivity contribution in [2.24, 2.45) is 5.92 Å². The van der Waals surface area contributed by atoms with Gasteiger partial charge in [0.15, 0.2) is 0 Å². The van der Waals surface area contributed by atoms with E-state index < -0.39 is 0 Å². The van der Waals surface area contributed by atoms with E-state index in [0.29, 0.717) is 17.7 Å². The highest BCUT2D eigenvalue weighted by Gasteiger charge is 2.22. The normalized spacial score (nSPS) is 14.1. The Labute approximate surface area is 123 Å². The summed E-state index contributed by atoms with van der Waals surface area (Å²) in [6.07, 6.45) is 6.69. The van der Waals surface area contributed by atoms with Gasteiger partial charge in [-0.1, -0.05) is 18.2 Å². The van der Waals surface area contributed by atoms with Crippen LogP contribution in [0.4, 0.5) is 10.1 Å². The standard InChI is InChI=1S/C16H18FN3O/c17-15-4-2-1-3-13(15)7-8-16(21)19-14-9-18-20(11-14)10-12-5-6-12/h1-4,9,11-12H,5-8,10H2,(H,19,21). The van der Waals surface area contributed by atoms with Crippen LogP contribution >= 0.6 is 0 Å². The van der Waals surface area contributed by atoms with Gasteiger partial charge in [0.25, 0.3) is 0 Å². The smallest absolute Gasteiger partial charge is 0.224 e. The van der Waals surface area contributed by atoms with E-state index in [1.807, 2.05) is 10.9 Å². The predicted octanol–water partition coefficient (Wildman–Crippen LogP) is 3.00. The molecule has 0 aliphatic heterocycles. The zero-order valence-electron chi connectivity index (χ0n) is 11.8. The van der Waals surface area contributed by atoms with Crippen LogP contribution in [-0.2, 0) is 17.8 Å². The van der Waals surface area contributed by atoms with Crippen LogP contribution in [0.3, 0.4) is 0 Å². The first-order chi connectivity index (χ1) is 10.2. The van der Waals surface area contributed by atoms with Gasteiger partial charge in [-0.3, -0.25) is 9.48 Å². The summed E-state index contributed by atoms with van der Waals surface area (Å²) < 4.78 is 15.3. The average Bonchev–Trinajstić information content (AvgIpc) is 3.17. The average molecular weight is 287 g/mol. The van der Waals surface area contributed by atoms with E-state index >= 15 is 0 Å². The molecule has 2 aromatic rings. The van der Waals surface area contributed by atoms with Crippen molar-refractivity contribution in [3.05, 3.63) is 48.0 Å². The van der Waals surface area contributed by atoms with Gasteiger partial charge in [-0.05, 0) is 36.8 Å². The van der Waals surface area contributed by atoms with E-state index in [1.165, 1.54) is 18.9 Å². The number of aryl methyl sites for hydroxylation is 1. The molecule has 0 spiro atoms. The first-order valence-corrected chi connectivity index (χ1v) is 7.26. The molecule has 1 aliphatic rings. The number of hydrogen-bond donors (Lipinski definition) is 1. The van der Waals surface area contributed by atoms with Crippen molar-refractivity contribution >= 4 is 11.6 Å². The van der Waals surface area contributed by atoms with E-state index in [9.17, 15) is 9.18 Å². The summed E-state index contributed by atoms with van der Waals surface area (Å²) in [7, 11) is 0. The van der Waals surface area contributed by atoms with Crippen molar-refractivity contribution in [1.29, 1.82) is 0 Å². The van der Waals surface area contributed by atoms with Gasteiger partial charge in [0.05, 0.1) is 11.9 Å². The van der Waals surface area contributed by atoms with Gasteiger partial charge in [-0.2, -0.15) is 5.10 Å². The van der Waals surface area contributed by atoms with Gasteiger partial charge in [0.2, 0.25) is 5.91 Å². The van der Waals surface area contributed by atoms with Gasteiger partial charge in [-0.25, -0.2) is 4.39 Å². The molecule has 1 aromatic carbocycles. The summed E-state index contributed by atoms with van der Waals surface area (Å²) in [5, 5.41) is 7.02. The number of nitrogens with zero attached hydrogens (tertiary/aromatic N) is 2. The van der Waals surface area contributed by atoms with Gasteiger partial charge < -0.3 is 5.32 Å². The van der Waals surface area contributed by atoms with Crippen molar-refractivity contribution in [3.63, 3.8) is 0 Å². The third-order valence-corrected chi connectivity index (χ3v) is 3.64. The molecule has 1 heterocycles. The number of amides is 1. The summed E-state index contributed by atoms with van der Waals surface area (Å²) in [6.45, 7) is 0.922. The highest BCUT2D eigenvalue weighted by molar-refractivity contribution is 5.90. The van der Waals surface area contributed by atoms with Gasteiger partial charge in [-0.15, -0.1) is 0 Å². The third kappa shape index (κ3) is 3.90. The molecule has 0 bridgehead atoms. The monoisotopic (exact) mass is 287 g/mol. The largest absolute Gasteiger partial charge is 0.323 e. The minimum absolute atomic E-state index is 0.121. The summed E-state index contributed by atoms with van der Waals surface area (Å²) in [5.74, 6) is 0.362. The first kappa shape index (κ1) is 13.8. The zero-order valence-corrected chi connectivity index (χ0v) is 11.8. The van der Waals surface area contributed by atoms with Crippen LogP contribution in [0.15, 0.2) is 36.7 Å². The highest BCUT2D eigenvalue weighted by atomic mass is 19.1. The van der Waals surface area contributed by atoms with E-state index in [4.69, 9.17) is 0 Å². The Kier molecular flexibility index (Phi) is 3.99. The molecule has 1 saturated carbocycles. The van der Waals surface area contributed by atoms with Crippen LogP contribution in [0.25, 0.3) is 0 Å². The summed E-state index contributed by atoms with van der Waals surface area (Å²) in [5.41, 5.74) is 1.27. The summed E-state index contributed by atoms with van der Waals surface area (Å²) >= 11 is 0. The van der Waals surface area contributed by atoms with Crippen LogP contribution in [0.2, 0.25) is 0 Å². The molecule has 3 rings (SSSR count). The molecule has 1 amide bonds. The first-order valence-electron chi connectivity index (χ1n) is 7.26. The Morgan fingerprint density at radius 2 is 2.19 bits per heavy atom. The Balaban J connectivity index is 1.49. The molecule has 110 valence electrons. The van der Waals surface area contributed by atoms with Crippen molar-refractivity contribution in [1.82, 2.24) is 9.78 Å². The molecule has 21 heavy (non-hydrogen) atoms. The number of nitrogens with one attached hydrogen (secondary N) is 1. The Morgan fingerprint density at radius 1 is 1.38 bits per heavy atom. The summed E-state index contributed by atoms with van der Waals surface area (Å²) in [6, 6.07) is 6.54. The summed E-state index contributed by atoms with van der Waals surface area (Å²) in [4.78, 5) is 11.9. The van der Waals surface area contributed by atoms with Crippen LogP contribution in [0.5, 0.6) is 0 Å². The Bertz CT molecular complexity index is 634. The number of anilines is 1. The fourth-order valence-electron chi connectivity index (χ4n) is 2.27. The number of benzene rings is 1. The predicted molar refractivity (Wildman–Crippen MR) is 78.3 cm³/mol. The Hall–Kier alpha value is -2.17.